The number of benzene rings is 1. The van der Waals surface area contributed by atoms with Gasteiger partial charge in [0.05, 0.1) is 16.6 Å². The van der Waals surface area contributed by atoms with Gasteiger partial charge in [-0.2, -0.15) is 0 Å². The fourth-order valence-corrected chi connectivity index (χ4v) is 2.66. The summed E-state index contributed by atoms with van der Waals surface area (Å²) in [7, 11) is 0. The fraction of sp³-hybridized carbons (Fsp3) is 0.500. The van der Waals surface area contributed by atoms with Crippen molar-refractivity contribution in [3.8, 4) is 0 Å². The number of carbonyl (C=O) groups is 2. The Morgan fingerprint density at radius 1 is 1.33 bits per heavy atom. The Labute approximate surface area is 139 Å². The number of nitrogens with zero attached hydrogens (tertiary/aromatic N) is 1. The van der Waals surface area contributed by atoms with Gasteiger partial charge in [-0.3, -0.25) is 14.9 Å². The van der Waals surface area contributed by atoms with Crippen LogP contribution in [0.3, 0.4) is 0 Å². The summed E-state index contributed by atoms with van der Waals surface area (Å²) in [5, 5.41) is 22.8. The lowest BCUT2D eigenvalue weighted by Gasteiger charge is -2.32. The van der Waals surface area contributed by atoms with E-state index < -0.39 is 22.5 Å². The quantitative estimate of drug-likeness (QED) is 0.628. The van der Waals surface area contributed by atoms with Gasteiger partial charge in [-0.15, -0.1) is 0 Å². The van der Waals surface area contributed by atoms with Gasteiger partial charge in [-0.25, -0.2) is 4.79 Å². The molecule has 2 N–H and O–H groups in total. The van der Waals surface area contributed by atoms with E-state index in [1.165, 1.54) is 0 Å². The molecule has 130 valence electrons. The molecule has 8 nitrogen and oxygen atoms in total. The van der Waals surface area contributed by atoms with Gasteiger partial charge in [-0.05, 0) is 24.8 Å². The maximum Gasteiger partial charge on any atom is 0.335 e. The molecule has 24 heavy (non-hydrogen) atoms. The molecule has 0 aromatic heterocycles. The van der Waals surface area contributed by atoms with E-state index in [2.05, 4.69) is 5.32 Å². The van der Waals surface area contributed by atoms with E-state index in [0.29, 0.717) is 25.4 Å². The number of nitro benzene ring substituents is 1. The number of non-ortho nitro benzene ring substituents is 1. The number of carboxylic acid groups (broad SMARTS) is 1. The largest absolute Gasteiger partial charge is 0.478 e. The summed E-state index contributed by atoms with van der Waals surface area (Å²) < 4.78 is 5.64. The van der Waals surface area contributed by atoms with Crippen molar-refractivity contribution in [2.24, 2.45) is 5.92 Å². The summed E-state index contributed by atoms with van der Waals surface area (Å²) >= 11 is 0. The first-order valence-electron chi connectivity index (χ1n) is 7.73. The predicted molar refractivity (Wildman–Crippen MR) is 85.1 cm³/mol. The zero-order valence-electron chi connectivity index (χ0n) is 13.5. The van der Waals surface area contributed by atoms with Crippen molar-refractivity contribution in [3.63, 3.8) is 0 Å². The monoisotopic (exact) mass is 336 g/mol. The summed E-state index contributed by atoms with van der Waals surface area (Å²) in [4.78, 5) is 33.7. The molecule has 0 radical (unpaired) electrons. The van der Waals surface area contributed by atoms with Crippen molar-refractivity contribution in [2.75, 3.05) is 6.61 Å². The van der Waals surface area contributed by atoms with Crippen molar-refractivity contribution in [3.05, 3.63) is 39.4 Å². The van der Waals surface area contributed by atoms with Gasteiger partial charge in [0.2, 0.25) is 0 Å². The zero-order chi connectivity index (χ0) is 17.9. The normalized spacial score (nSPS) is 20.6. The van der Waals surface area contributed by atoms with E-state index in [1.54, 1.807) is 0 Å². The van der Waals surface area contributed by atoms with Crippen LogP contribution in [0.5, 0.6) is 0 Å². The first kappa shape index (κ1) is 17.9. The second-order valence-corrected chi connectivity index (χ2v) is 6.18. The molecule has 1 saturated heterocycles. The van der Waals surface area contributed by atoms with E-state index in [-0.39, 0.29) is 23.3 Å². The van der Waals surface area contributed by atoms with Crippen molar-refractivity contribution in [2.45, 2.75) is 38.8 Å². The number of hydrogen-bond donors (Lipinski definition) is 2. The predicted octanol–water partition coefficient (Wildman–Crippen LogP) is 2.23. The molecule has 1 amide bonds. The minimum atomic E-state index is -1.32. The van der Waals surface area contributed by atoms with Crippen molar-refractivity contribution < 1.29 is 24.4 Å². The molecule has 1 fully saturated rings. The molecule has 0 bridgehead atoms. The second-order valence-electron chi connectivity index (χ2n) is 6.18. The number of nitro groups is 1. The molecule has 8 heteroatoms. The molecule has 0 spiro atoms. The first-order valence-corrected chi connectivity index (χ1v) is 7.73. The third kappa shape index (κ3) is 4.29. The highest BCUT2D eigenvalue weighted by Gasteiger charge is 2.27. The number of rotatable bonds is 5. The van der Waals surface area contributed by atoms with Crippen LogP contribution in [0.4, 0.5) is 5.69 Å². The van der Waals surface area contributed by atoms with Gasteiger partial charge in [0.25, 0.3) is 11.6 Å². The summed E-state index contributed by atoms with van der Waals surface area (Å²) in [5.74, 6) is -1.52. The van der Waals surface area contributed by atoms with Gasteiger partial charge >= 0.3 is 5.97 Å². The second kappa shape index (κ2) is 7.39. The van der Waals surface area contributed by atoms with E-state index in [9.17, 15) is 19.7 Å². The summed E-state index contributed by atoms with van der Waals surface area (Å²) in [6, 6.07) is 3.05. The molecule has 0 aliphatic carbocycles. The molecule has 1 heterocycles. The van der Waals surface area contributed by atoms with Crippen molar-refractivity contribution in [1.82, 2.24) is 5.32 Å². The standard InChI is InChI=1S/C16H20N2O6/c1-9(2)14-8-12(3-4-24-14)17-15(19)10-5-11(16(20)21)7-13(6-10)18(22)23/h5-7,9,12,14H,3-4,8H2,1-2H3,(H,17,19)(H,20,21). The molecule has 2 unspecified atom stereocenters. The number of nitrogens with one attached hydrogen (secondary N) is 1. The van der Waals surface area contributed by atoms with Gasteiger partial charge in [0.1, 0.15) is 0 Å². The third-order valence-corrected chi connectivity index (χ3v) is 4.03. The average molecular weight is 336 g/mol. The highest BCUT2D eigenvalue weighted by molar-refractivity contribution is 5.98. The summed E-state index contributed by atoms with van der Waals surface area (Å²) in [5.41, 5.74) is -0.748. The topological polar surface area (TPSA) is 119 Å². The molecular formula is C16H20N2O6. The highest BCUT2D eigenvalue weighted by Crippen LogP contribution is 2.22. The molecule has 1 aliphatic rings. The van der Waals surface area contributed by atoms with Gasteiger partial charge in [0.15, 0.2) is 0 Å². The van der Waals surface area contributed by atoms with Crippen LogP contribution in [-0.4, -0.2) is 40.7 Å². The lowest BCUT2D eigenvalue weighted by atomic mass is 9.95. The van der Waals surface area contributed by atoms with Crippen LogP contribution in [0.15, 0.2) is 18.2 Å². The molecule has 1 aliphatic heterocycles. The van der Waals surface area contributed by atoms with E-state index in [1.807, 2.05) is 13.8 Å². The van der Waals surface area contributed by atoms with Gasteiger partial charge in [0, 0.05) is 30.3 Å². The Bertz CT molecular complexity index is 626. The van der Waals surface area contributed by atoms with E-state index in [0.717, 1.165) is 18.2 Å². The average Bonchev–Trinajstić information content (AvgIpc) is 2.54. The Morgan fingerprint density at radius 2 is 2.00 bits per heavy atom. The number of aromatic carboxylic acids is 1. The first-order chi connectivity index (χ1) is 11.3. The molecule has 1 aromatic rings. The minimum Gasteiger partial charge on any atom is -0.478 e. The van der Waals surface area contributed by atoms with Crippen LogP contribution < -0.4 is 5.32 Å². The van der Waals surface area contributed by atoms with E-state index in [4.69, 9.17) is 9.84 Å². The molecule has 1 aromatic carbocycles. The lowest BCUT2D eigenvalue weighted by Crippen LogP contribution is -2.43. The Kier molecular flexibility index (Phi) is 5.50. The fourth-order valence-electron chi connectivity index (χ4n) is 2.66. The van der Waals surface area contributed by atoms with Crippen LogP contribution in [0.1, 0.15) is 47.4 Å². The minimum absolute atomic E-state index is 0.0332. The van der Waals surface area contributed by atoms with Crippen LogP contribution >= 0.6 is 0 Å². The molecular weight excluding hydrogens is 316 g/mol. The Balaban J connectivity index is 2.17. The molecule has 2 rings (SSSR count). The third-order valence-electron chi connectivity index (χ3n) is 4.03. The van der Waals surface area contributed by atoms with Crippen LogP contribution in [0, 0.1) is 16.0 Å². The Morgan fingerprint density at radius 3 is 2.58 bits per heavy atom. The highest BCUT2D eigenvalue weighted by atomic mass is 16.6. The van der Waals surface area contributed by atoms with Crippen LogP contribution in [0.25, 0.3) is 0 Å². The number of amides is 1. The number of hydrogen-bond acceptors (Lipinski definition) is 5. The summed E-state index contributed by atoms with van der Waals surface area (Å²) in [6.07, 6.45) is 1.35. The van der Waals surface area contributed by atoms with Gasteiger partial charge < -0.3 is 15.2 Å². The van der Waals surface area contributed by atoms with E-state index >= 15 is 0 Å². The number of carbonyl (C=O) groups excluding carboxylic acids is 1. The van der Waals surface area contributed by atoms with Crippen LogP contribution in [-0.2, 0) is 4.74 Å². The van der Waals surface area contributed by atoms with Crippen LogP contribution in [0.2, 0.25) is 0 Å². The number of ether oxygens (including phenoxy) is 1. The number of carboxylic acids is 1. The Hall–Kier alpha value is -2.48. The molecule has 0 saturated carbocycles. The zero-order valence-corrected chi connectivity index (χ0v) is 13.5. The maximum atomic E-state index is 12.4. The smallest absolute Gasteiger partial charge is 0.335 e. The van der Waals surface area contributed by atoms with Crippen molar-refractivity contribution >= 4 is 17.6 Å². The SMILES string of the molecule is CC(C)C1CC(NC(=O)c2cc(C(=O)O)cc([N+](=O)[O-])c2)CCO1. The maximum absolute atomic E-state index is 12.4. The van der Waals surface area contributed by atoms with Crippen molar-refractivity contribution in [1.29, 1.82) is 0 Å². The van der Waals surface area contributed by atoms with Gasteiger partial charge in [-0.1, -0.05) is 13.8 Å². The molecule has 2 atom stereocenters. The lowest BCUT2D eigenvalue weighted by molar-refractivity contribution is -0.384. The summed E-state index contributed by atoms with van der Waals surface area (Å²) in [6.45, 7) is 4.60.